The van der Waals surface area contributed by atoms with Gasteiger partial charge in [0.25, 0.3) is 0 Å². The van der Waals surface area contributed by atoms with Crippen molar-refractivity contribution in [2.75, 3.05) is 18.0 Å². The standard InChI is InChI=1S/C14H21N3O2/c1-3-14(4-2)7-9-17(10-8-14)12-6-5-11(13(18)19)15-16-12/h5-6H,3-4,7-10H2,1-2H3,(H,18,19). The van der Waals surface area contributed by atoms with Gasteiger partial charge in [-0.05, 0) is 30.4 Å². The monoisotopic (exact) mass is 263 g/mol. The first kappa shape index (κ1) is 13.8. The van der Waals surface area contributed by atoms with Crippen molar-refractivity contribution in [2.24, 2.45) is 5.41 Å². The van der Waals surface area contributed by atoms with E-state index in [1.54, 1.807) is 6.07 Å². The molecule has 0 atom stereocenters. The summed E-state index contributed by atoms with van der Waals surface area (Å²) in [6.07, 6.45) is 4.78. The minimum Gasteiger partial charge on any atom is -0.476 e. The zero-order chi connectivity index (χ0) is 13.9. The quantitative estimate of drug-likeness (QED) is 0.904. The first-order valence-electron chi connectivity index (χ1n) is 6.92. The second-order valence-electron chi connectivity index (χ2n) is 5.28. The molecule has 0 aliphatic carbocycles. The normalized spacial score (nSPS) is 18.3. The molecular weight excluding hydrogens is 242 g/mol. The van der Waals surface area contributed by atoms with Crippen LogP contribution in [0, 0.1) is 5.41 Å². The van der Waals surface area contributed by atoms with Crippen molar-refractivity contribution in [3.8, 4) is 0 Å². The van der Waals surface area contributed by atoms with E-state index in [1.807, 2.05) is 0 Å². The third-order valence-electron chi connectivity index (χ3n) is 4.52. The van der Waals surface area contributed by atoms with Gasteiger partial charge < -0.3 is 10.0 Å². The molecule has 0 aromatic carbocycles. The van der Waals surface area contributed by atoms with E-state index >= 15 is 0 Å². The van der Waals surface area contributed by atoms with Crippen molar-refractivity contribution >= 4 is 11.8 Å². The maximum atomic E-state index is 10.7. The molecule has 0 bridgehead atoms. The number of carbonyl (C=O) groups is 1. The van der Waals surface area contributed by atoms with Gasteiger partial charge in [0.05, 0.1) is 0 Å². The van der Waals surface area contributed by atoms with Gasteiger partial charge in [-0.1, -0.05) is 26.7 Å². The highest BCUT2D eigenvalue weighted by Crippen LogP contribution is 2.38. The van der Waals surface area contributed by atoms with Gasteiger partial charge in [-0.15, -0.1) is 10.2 Å². The highest BCUT2D eigenvalue weighted by Gasteiger charge is 2.31. The highest BCUT2D eigenvalue weighted by atomic mass is 16.4. The molecule has 1 aliphatic heterocycles. The first-order chi connectivity index (χ1) is 9.10. The lowest BCUT2D eigenvalue weighted by Crippen LogP contribution is -2.40. The lowest BCUT2D eigenvalue weighted by atomic mass is 9.74. The summed E-state index contributed by atoms with van der Waals surface area (Å²) in [6.45, 7) is 6.48. The number of carboxylic acid groups (broad SMARTS) is 1. The van der Waals surface area contributed by atoms with Crippen LogP contribution in [0.3, 0.4) is 0 Å². The maximum absolute atomic E-state index is 10.7. The Hall–Kier alpha value is -1.65. The molecule has 1 saturated heterocycles. The second kappa shape index (κ2) is 5.55. The van der Waals surface area contributed by atoms with Gasteiger partial charge in [0.1, 0.15) is 0 Å². The predicted molar refractivity (Wildman–Crippen MR) is 73.5 cm³/mol. The van der Waals surface area contributed by atoms with E-state index in [4.69, 9.17) is 5.11 Å². The molecule has 1 aliphatic rings. The van der Waals surface area contributed by atoms with Crippen molar-refractivity contribution < 1.29 is 9.90 Å². The zero-order valence-corrected chi connectivity index (χ0v) is 11.6. The number of nitrogens with zero attached hydrogens (tertiary/aromatic N) is 3. The largest absolute Gasteiger partial charge is 0.476 e. The van der Waals surface area contributed by atoms with Gasteiger partial charge in [0, 0.05) is 13.1 Å². The van der Waals surface area contributed by atoms with E-state index in [2.05, 4.69) is 28.9 Å². The Bertz CT molecular complexity index is 431. The van der Waals surface area contributed by atoms with Crippen LogP contribution in [-0.2, 0) is 0 Å². The third kappa shape index (κ3) is 2.85. The molecule has 2 rings (SSSR count). The van der Waals surface area contributed by atoms with Crippen molar-refractivity contribution in [2.45, 2.75) is 39.5 Å². The molecule has 1 aromatic heterocycles. The van der Waals surface area contributed by atoms with E-state index in [0.717, 1.165) is 18.9 Å². The zero-order valence-electron chi connectivity index (χ0n) is 11.6. The van der Waals surface area contributed by atoms with E-state index in [-0.39, 0.29) is 5.69 Å². The van der Waals surface area contributed by atoms with Gasteiger partial charge in [-0.25, -0.2) is 4.79 Å². The molecule has 1 fully saturated rings. The van der Waals surface area contributed by atoms with Crippen LogP contribution >= 0.6 is 0 Å². The fourth-order valence-electron chi connectivity index (χ4n) is 2.78. The second-order valence-corrected chi connectivity index (χ2v) is 5.28. The molecule has 2 heterocycles. The van der Waals surface area contributed by atoms with E-state index in [0.29, 0.717) is 5.41 Å². The molecule has 1 aromatic rings. The summed E-state index contributed by atoms with van der Waals surface area (Å²) in [5, 5.41) is 16.6. The molecule has 0 unspecified atom stereocenters. The van der Waals surface area contributed by atoms with Crippen LogP contribution in [-0.4, -0.2) is 34.4 Å². The van der Waals surface area contributed by atoms with Crippen molar-refractivity contribution in [3.63, 3.8) is 0 Å². The Kier molecular flexibility index (Phi) is 4.02. The van der Waals surface area contributed by atoms with Gasteiger partial charge in [0.2, 0.25) is 0 Å². The number of carboxylic acids is 1. The number of hydrogen-bond donors (Lipinski definition) is 1. The Balaban J connectivity index is 2.03. The fourth-order valence-corrected chi connectivity index (χ4v) is 2.78. The number of aromatic carboxylic acids is 1. The lowest BCUT2D eigenvalue weighted by molar-refractivity contribution is 0.0689. The Morgan fingerprint density at radius 3 is 2.32 bits per heavy atom. The first-order valence-corrected chi connectivity index (χ1v) is 6.92. The van der Waals surface area contributed by atoms with E-state index in [1.165, 1.54) is 31.7 Å². The van der Waals surface area contributed by atoms with E-state index < -0.39 is 5.97 Å². The number of piperidine rings is 1. The maximum Gasteiger partial charge on any atom is 0.356 e. The van der Waals surface area contributed by atoms with Gasteiger partial charge in [0.15, 0.2) is 11.5 Å². The molecular formula is C14H21N3O2. The Morgan fingerprint density at radius 2 is 1.89 bits per heavy atom. The summed E-state index contributed by atoms with van der Waals surface area (Å²) in [4.78, 5) is 12.9. The molecule has 5 heteroatoms. The Labute approximate surface area is 113 Å². The number of aromatic nitrogens is 2. The summed E-state index contributed by atoms with van der Waals surface area (Å²) >= 11 is 0. The summed E-state index contributed by atoms with van der Waals surface area (Å²) in [7, 11) is 0. The van der Waals surface area contributed by atoms with Gasteiger partial charge in [-0.2, -0.15) is 0 Å². The Morgan fingerprint density at radius 1 is 1.26 bits per heavy atom. The summed E-state index contributed by atoms with van der Waals surface area (Å²) in [5.41, 5.74) is 0.475. The van der Waals surface area contributed by atoms with Crippen molar-refractivity contribution in [1.82, 2.24) is 10.2 Å². The van der Waals surface area contributed by atoms with Crippen LogP contribution in [0.15, 0.2) is 12.1 Å². The molecule has 19 heavy (non-hydrogen) atoms. The lowest BCUT2D eigenvalue weighted by Gasteiger charge is -2.41. The average molecular weight is 263 g/mol. The van der Waals surface area contributed by atoms with Crippen molar-refractivity contribution in [3.05, 3.63) is 17.8 Å². The van der Waals surface area contributed by atoms with Crippen LogP contribution in [0.2, 0.25) is 0 Å². The summed E-state index contributed by atoms with van der Waals surface area (Å²) in [5.74, 6) is -0.250. The molecule has 0 spiro atoms. The predicted octanol–water partition coefficient (Wildman–Crippen LogP) is 2.58. The topological polar surface area (TPSA) is 66.3 Å². The highest BCUT2D eigenvalue weighted by molar-refractivity contribution is 5.85. The summed E-state index contributed by atoms with van der Waals surface area (Å²) in [6, 6.07) is 3.27. The molecule has 5 nitrogen and oxygen atoms in total. The number of hydrogen-bond acceptors (Lipinski definition) is 4. The minimum absolute atomic E-state index is 0.00257. The molecule has 0 amide bonds. The van der Waals surface area contributed by atoms with Crippen LogP contribution in [0.25, 0.3) is 0 Å². The van der Waals surface area contributed by atoms with Crippen molar-refractivity contribution in [1.29, 1.82) is 0 Å². The van der Waals surface area contributed by atoms with Crippen LogP contribution in [0.1, 0.15) is 50.0 Å². The smallest absolute Gasteiger partial charge is 0.356 e. The fraction of sp³-hybridized carbons (Fsp3) is 0.643. The number of anilines is 1. The van der Waals surface area contributed by atoms with Crippen LogP contribution < -0.4 is 4.90 Å². The minimum atomic E-state index is -1.03. The molecule has 0 saturated carbocycles. The number of rotatable bonds is 4. The molecule has 1 N–H and O–H groups in total. The SMILES string of the molecule is CCC1(CC)CCN(c2ccc(C(=O)O)nn2)CC1. The van der Waals surface area contributed by atoms with Gasteiger partial charge in [-0.3, -0.25) is 0 Å². The average Bonchev–Trinajstić information content (AvgIpc) is 2.47. The summed E-state index contributed by atoms with van der Waals surface area (Å²) < 4.78 is 0. The molecule has 0 radical (unpaired) electrons. The third-order valence-corrected chi connectivity index (χ3v) is 4.52. The van der Waals surface area contributed by atoms with Gasteiger partial charge >= 0.3 is 5.97 Å². The van der Waals surface area contributed by atoms with Crippen LogP contribution in [0.4, 0.5) is 5.82 Å². The van der Waals surface area contributed by atoms with E-state index in [9.17, 15) is 4.79 Å². The molecule has 104 valence electrons. The van der Waals surface area contributed by atoms with Crippen LogP contribution in [0.5, 0.6) is 0 Å².